The molecule has 0 N–H and O–H groups in total. The van der Waals surface area contributed by atoms with Crippen LogP contribution in [0.4, 0.5) is 0 Å². The minimum Gasteiger partial charge on any atom is -0.456 e. The highest BCUT2D eigenvalue weighted by atomic mass is 16.3. The van der Waals surface area contributed by atoms with Crippen LogP contribution in [0.3, 0.4) is 0 Å². The van der Waals surface area contributed by atoms with E-state index in [1.54, 1.807) is 0 Å². The van der Waals surface area contributed by atoms with E-state index in [1.807, 2.05) is 0 Å². The van der Waals surface area contributed by atoms with Gasteiger partial charge < -0.3 is 4.42 Å². The van der Waals surface area contributed by atoms with Gasteiger partial charge in [-0.05, 0) is 118 Å². The molecule has 0 saturated carbocycles. The van der Waals surface area contributed by atoms with E-state index in [-0.39, 0.29) is 5.41 Å². The van der Waals surface area contributed by atoms with Crippen molar-refractivity contribution in [1.29, 1.82) is 0 Å². The normalized spacial score (nSPS) is 13.3. The van der Waals surface area contributed by atoms with E-state index in [1.165, 1.54) is 87.8 Å². The zero-order valence-corrected chi connectivity index (χ0v) is 29.1. The molecule has 244 valence electrons. The molecule has 1 heterocycles. The number of rotatable bonds is 3. The van der Waals surface area contributed by atoms with Gasteiger partial charge in [-0.15, -0.1) is 0 Å². The molecule has 1 aliphatic rings. The molecule has 0 fully saturated rings. The number of furan rings is 1. The molecule has 10 aromatic rings. The van der Waals surface area contributed by atoms with Gasteiger partial charge in [-0.25, -0.2) is 0 Å². The largest absolute Gasteiger partial charge is 0.456 e. The Morgan fingerprint density at radius 1 is 0.365 bits per heavy atom. The molecule has 0 spiro atoms. The maximum Gasteiger partial charge on any atom is 0.136 e. The van der Waals surface area contributed by atoms with E-state index >= 15 is 0 Å². The van der Waals surface area contributed by atoms with Gasteiger partial charge in [0.1, 0.15) is 11.2 Å². The molecule has 11 rings (SSSR count). The van der Waals surface area contributed by atoms with Crippen molar-refractivity contribution in [2.24, 2.45) is 0 Å². The Hall–Kier alpha value is -6.44. The van der Waals surface area contributed by atoms with Crippen LogP contribution in [0.25, 0.3) is 98.8 Å². The molecule has 0 unspecified atom stereocenters. The molecule has 1 aliphatic carbocycles. The molecule has 52 heavy (non-hydrogen) atoms. The lowest BCUT2D eigenvalue weighted by molar-refractivity contribution is 0.660. The van der Waals surface area contributed by atoms with Gasteiger partial charge in [-0.2, -0.15) is 0 Å². The molecule has 0 amide bonds. The molecule has 0 aliphatic heterocycles. The van der Waals surface area contributed by atoms with Crippen LogP contribution in [-0.2, 0) is 5.41 Å². The lowest BCUT2D eigenvalue weighted by Gasteiger charge is -2.22. The van der Waals surface area contributed by atoms with Gasteiger partial charge in [0.15, 0.2) is 0 Å². The lowest BCUT2D eigenvalue weighted by Crippen LogP contribution is -2.14. The summed E-state index contributed by atoms with van der Waals surface area (Å²) in [7, 11) is 0. The van der Waals surface area contributed by atoms with Crippen molar-refractivity contribution >= 4 is 54.3 Å². The predicted molar refractivity (Wildman–Crippen MR) is 220 cm³/mol. The first-order chi connectivity index (χ1) is 25.5. The van der Waals surface area contributed by atoms with Gasteiger partial charge in [0, 0.05) is 16.2 Å². The zero-order chi connectivity index (χ0) is 34.6. The van der Waals surface area contributed by atoms with Crippen molar-refractivity contribution in [2.75, 3.05) is 0 Å². The molecule has 0 saturated heterocycles. The standard InChI is InChI=1S/C51H34O/c1-51(2)44-21-10-9-16-37(44)38-25-22-33(29-45(38)51)32-13-11-14-34(28-32)48-39-17-5-7-19-41(39)49(42-20-8-6-18-40(42)48)35-23-26-43-47(30-35)52-46-27-24-31-12-3-4-15-36(31)50(43)46/h3-30H,1-2H3. The van der Waals surface area contributed by atoms with Crippen LogP contribution < -0.4 is 0 Å². The minimum atomic E-state index is -0.0407. The second kappa shape index (κ2) is 10.8. The fourth-order valence-corrected chi connectivity index (χ4v) is 9.19. The van der Waals surface area contributed by atoms with Crippen LogP contribution in [0.2, 0.25) is 0 Å². The Morgan fingerprint density at radius 3 is 1.69 bits per heavy atom. The van der Waals surface area contributed by atoms with Crippen LogP contribution in [0, 0.1) is 0 Å². The molecule has 0 atom stereocenters. The van der Waals surface area contributed by atoms with E-state index in [0.29, 0.717) is 0 Å². The highest BCUT2D eigenvalue weighted by molar-refractivity contribution is 6.23. The Morgan fingerprint density at radius 2 is 0.942 bits per heavy atom. The van der Waals surface area contributed by atoms with Gasteiger partial charge >= 0.3 is 0 Å². The highest BCUT2D eigenvalue weighted by Gasteiger charge is 2.35. The Bertz CT molecular complexity index is 3040. The predicted octanol–water partition coefficient (Wildman–Crippen LogP) is 14.4. The summed E-state index contributed by atoms with van der Waals surface area (Å²) in [5.41, 5.74) is 14.7. The molecular weight excluding hydrogens is 629 g/mol. The van der Waals surface area contributed by atoms with Gasteiger partial charge in [-0.1, -0.05) is 153 Å². The maximum absolute atomic E-state index is 6.55. The van der Waals surface area contributed by atoms with Gasteiger partial charge in [0.05, 0.1) is 0 Å². The summed E-state index contributed by atoms with van der Waals surface area (Å²) in [5, 5.41) is 9.74. The molecule has 1 nitrogen and oxygen atoms in total. The second-order valence-corrected chi connectivity index (χ2v) is 14.8. The molecule has 0 bridgehead atoms. The average Bonchev–Trinajstić information content (AvgIpc) is 3.68. The van der Waals surface area contributed by atoms with Crippen LogP contribution in [0.15, 0.2) is 174 Å². The van der Waals surface area contributed by atoms with E-state index < -0.39 is 0 Å². The number of hydrogen-bond donors (Lipinski definition) is 0. The van der Waals surface area contributed by atoms with Crippen LogP contribution in [-0.4, -0.2) is 0 Å². The first-order valence-corrected chi connectivity index (χ1v) is 18.2. The second-order valence-electron chi connectivity index (χ2n) is 14.8. The third kappa shape index (κ3) is 4.11. The van der Waals surface area contributed by atoms with E-state index in [9.17, 15) is 0 Å². The molecule has 0 radical (unpaired) electrons. The van der Waals surface area contributed by atoms with Crippen molar-refractivity contribution in [3.8, 4) is 44.5 Å². The van der Waals surface area contributed by atoms with Gasteiger partial charge in [-0.3, -0.25) is 0 Å². The lowest BCUT2D eigenvalue weighted by atomic mass is 9.81. The Balaban J connectivity index is 1.10. The fraction of sp³-hybridized carbons (Fsp3) is 0.0588. The molecule has 1 heteroatoms. The molecule has 9 aromatic carbocycles. The number of hydrogen-bond acceptors (Lipinski definition) is 1. The summed E-state index contributed by atoms with van der Waals surface area (Å²) in [6.45, 7) is 4.71. The first-order valence-electron chi connectivity index (χ1n) is 18.2. The Kier molecular flexibility index (Phi) is 6.08. The van der Waals surface area contributed by atoms with Crippen LogP contribution in [0.5, 0.6) is 0 Å². The van der Waals surface area contributed by atoms with Crippen molar-refractivity contribution in [3.05, 3.63) is 181 Å². The molecular formula is C51H34O. The SMILES string of the molecule is CC1(C)c2ccccc2-c2ccc(-c3cccc(-c4c5ccccc5c(-c5ccc6c(c5)oc5ccc7ccccc7c56)c5ccccc45)c3)cc21. The van der Waals surface area contributed by atoms with Gasteiger partial charge in [0.2, 0.25) is 0 Å². The molecule has 1 aromatic heterocycles. The van der Waals surface area contributed by atoms with Crippen molar-refractivity contribution in [3.63, 3.8) is 0 Å². The van der Waals surface area contributed by atoms with Crippen molar-refractivity contribution in [1.82, 2.24) is 0 Å². The smallest absolute Gasteiger partial charge is 0.136 e. The highest BCUT2D eigenvalue weighted by Crippen LogP contribution is 2.50. The first kappa shape index (κ1) is 29.3. The summed E-state index contributed by atoms with van der Waals surface area (Å²) in [6.07, 6.45) is 0. The van der Waals surface area contributed by atoms with Crippen LogP contribution in [0.1, 0.15) is 25.0 Å². The third-order valence-corrected chi connectivity index (χ3v) is 11.6. The zero-order valence-electron chi connectivity index (χ0n) is 29.1. The van der Waals surface area contributed by atoms with Crippen LogP contribution >= 0.6 is 0 Å². The van der Waals surface area contributed by atoms with Crippen molar-refractivity contribution in [2.45, 2.75) is 19.3 Å². The van der Waals surface area contributed by atoms with E-state index in [0.717, 1.165) is 22.1 Å². The summed E-state index contributed by atoms with van der Waals surface area (Å²) < 4.78 is 6.55. The fourth-order valence-electron chi connectivity index (χ4n) is 9.19. The summed E-state index contributed by atoms with van der Waals surface area (Å²) >= 11 is 0. The monoisotopic (exact) mass is 662 g/mol. The van der Waals surface area contributed by atoms with E-state index in [2.05, 4.69) is 184 Å². The third-order valence-electron chi connectivity index (χ3n) is 11.6. The summed E-state index contributed by atoms with van der Waals surface area (Å²) in [6, 6.07) is 62.4. The van der Waals surface area contributed by atoms with Crippen molar-refractivity contribution < 1.29 is 4.42 Å². The van der Waals surface area contributed by atoms with E-state index in [4.69, 9.17) is 4.42 Å². The minimum absolute atomic E-state index is 0.0407. The Labute approximate surface area is 302 Å². The maximum atomic E-state index is 6.55. The summed E-state index contributed by atoms with van der Waals surface area (Å²) in [4.78, 5) is 0. The quantitative estimate of drug-likeness (QED) is 0.172. The summed E-state index contributed by atoms with van der Waals surface area (Å²) in [5.74, 6) is 0. The topological polar surface area (TPSA) is 13.1 Å². The van der Waals surface area contributed by atoms with Gasteiger partial charge in [0.25, 0.3) is 0 Å². The average molecular weight is 663 g/mol. The number of benzene rings is 9. The number of fused-ring (bicyclic) bond motifs is 10.